The predicted octanol–water partition coefficient (Wildman–Crippen LogP) is 2.62. The maximum atomic E-state index is 11.9. The van der Waals surface area contributed by atoms with Crippen molar-refractivity contribution in [2.75, 3.05) is 11.9 Å². The summed E-state index contributed by atoms with van der Waals surface area (Å²) < 4.78 is 5.52. The molecule has 1 atom stereocenters. The van der Waals surface area contributed by atoms with Crippen LogP contribution in [0.15, 0.2) is 30.3 Å². The Morgan fingerprint density at radius 2 is 2.23 bits per heavy atom. The molecule has 22 heavy (non-hydrogen) atoms. The molecule has 0 aliphatic carbocycles. The fourth-order valence-electron chi connectivity index (χ4n) is 2.55. The Kier molecular flexibility index (Phi) is 4.80. The van der Waals surface area contributed by atoms with Gasteiger partial charge >= 0.3 is 0 Å². The van der Waals surface area contributed by atoms with Crippen LogP contribution in [0.5, 0.6) is 0 Å². The molecule has 0 bridgehead atoms. The number of aromatic nitrogens is 3. The molecule has 0 saturated carbocycles. The van der Waals surface area contributed by atoms with E-state index in [2.05, 4.69) is 32.6 Å². The second-order valence-electron chi connectivity index (χ2n) is 5.43. The van der Waals surface area contributed by atoms with Gasteiger partial charge in [0, 0.05) is 13.0 Å². The third kappa shape index (κ3) is 3.92. The van der Waals surface area contributed by atoms with E-state index in [4.69, 9.17) is 4.74 Å². The van der Waals surface area contributed by atoms with E-state index in [1.54, 1.807) is 0 Å². The van der Waals surface area contributed by atoms with Crippen LogP contribution >= 0.6 is 0 Å². The normalized spacial score (nSPS) is 17.5. The molecule has 0 spiro atoms. The Morgan fingerprint density at radius 3 is 3.00 bits per heavy atom. The van der Waals surface area contributed by atoms with Crippen LogP contribution in [-0.4, -0.2) is 27.7 Å². The minimum atomic E-state index is -0.0613. The average molecular weight is 300 g/mol. The Labute approximate surface area is 129 Å². The first kappa shape index (κ1) is 14.7. The van der Waals surface area contributed by atoms with Gasteiger partial charge in [-0.3, -0.25) is 15.2 Å². The van der Waals surface area contributed by atoms with E-state index < -0.39 is 0 Å². The van der Waals surface area contributed by atoms with Crippen molar-refractivity contribution in [2.45, 2.75) is 38.2 Å². The van der Waals surface area contributed by atoms with Crippen LogP contribution < -0.4 is 5.32 Å². The van der Waals surface area contributed by atoms with E-state index in [9.17, 15) is 4.79 Å². The number of anilines is 1. The summed E-state index contributed by atoms with van der Waals surface area (Å²) >= 11 is 0. The largest absolute Gasteiger partial charge is 0.370 e. The lowest BCUT2D eigenvalue weighted by molar-refractivity contribution is -0.116. The maximum Gasteiger partial charge on any atom is 0.248 e. The minimum Gasteiger partial charge on any atom is -0.370 e. The van der Waals surface area contributed by atoms with Gasteiger partial charge in [0.25, 0.3) is 0 Å². The highest BCUT2D eigenvalue weighted by Gasteiger charge is 2.21. The molecule has 116 valence electrons. The third-order valence-corrected chi connectivity index (χ3v) is 3.70. The standard InChI is InChI=1S/C16H20N4O2/c21-14(10-4-8-12-6-2-1-3-7-12)17-16-18-15(19-20-16)13-9-5-11-22-13/h1-3,6-7,13H,4-5,8-11H2,(H2,17,18,19,20,21)/t13-/m1/s1. The summed E-state index contributed by atoms with van der Waals surface area (Å²) in [7, 11) is 0. The molecule has 1 aliphatic heterocycles. The number of nitrogens with zero attached hydrogens (tertiary/aromatic N) is 2. The number of hydrogen-bond donors (Lipinski definition) is 2. The summed E-state index contributed by atoms with van der Waals surface area (Å²) in [6, 6.07) is 10.2. The maximum absolute atomic E-state index is 11.9. The van der Waals surface area contributed by atoms with Crippen LogP contribution in [0.3, 0.4) is 0 Å². The minimum absolute atomic E-state index is 0.0174. The molecule has 6 heteroatoms. The van der Waals surface area contributed by atoms with E-state index in [1.165, 1.54) is 5.56 Å². The number of benzene rings is 1. The highest BCUT2D eigenvalue weighted by atomic mass is 16.5. The van der Waals surface area contributed by atoms with Gasteiger partial charge in [0.15, 0.2) is 5.82 Å². The van der Waals surface area contributed by atoms with Crippen LogP contribution in [0, 0.1) is 0 Å². The lowest BCUT2D eigenvalue weighted by Crippen LogP contribution is -2.12. The van der Waals surface area contributed by atoms with E-state index in [0.29, 0.717) is 18.2 Å². The van der Waals surface area contributed by atoms with E-state index in [1.807, 2.05) is 18.2 Å². The third-order valence-electron chi connectivity index (χ3n) is 3.70. The number of rotatable bonds is 6. The quantitative estimate of drug-likeness (QED) is 0.859. The summed E-state index contributed by atoms with van der Waals surface area (Å²) in [5.74, 6) is 0.959. The van der Waals surface area contributed by atoms with Gasteiger partial charge in [-0.2, -0.15) is 4.98 Å². The van der Waals surface area contributed by atoms with Crippen molar-refractivity contribution in [3.63, 3.8) is 0 Å². The summed E-state index contributed by atoms with van der Waals surface area (Å²) in [4.78, 5) is 16.2. The first-order valence-electron chi connectivity index (χ1n) is 7.69. The smallest absolute Gasteiger partial charge is 0.248 e. The van der Waals surface area contributed by atoms with Crippen molar-refractivity contribution in [1.29, 1.82) is 0 Å². The summed E-state index contributed by atoms with van der Waals surface area (Å²) in [6.45, 7) is 0.756. The summed E-state index contributed by atoms with van der Waals surface area (Å²) in [5.41, 5.74) is 1.24. The van der Waals surface area contributed by atoms with Gasteiger partial charge in [0.05, 0.1) is 0 Å². The van der Waals surface area contributed by atoms with Gasteiger partial charge in [-0.25, -0.2) is 0 Å². The average Bonchev–Trinajstić information content (AvgIpc) is 3.19. The number of nitrogens with one attached hydrogen (secondary N) is 2. The van der Waals surface area contributed by atoms with Crippen molar-refractivity contribution in [3.05, 3.63) is 41.7 Å². The molecule has 1 aromatic carbocycles. The lowest BCUT2D eigenvalue weighted by Gasteiger charge is -2.03. The number of carbonyl (C=O) groups is 1. The van der Waals surface area contributed by atoms with Gasteiger partial charge in [0.2, 0.25) is 11.9 Å². The van der Waals surface area contributed by atoms with Crippen molar-refractivity contribution < 1.29 is 9.53 Å². The van der Waals surface area contributed by atoms with Crippen LogP contribution in [0.4, 0.5) is 5.95 Å². The Hall–Kier alpha value is -2.21. The van der Waals surface area contributed by atoms with Crippen LogP contribution in [0.2, 0.25) is 0 Å². The highest BCUT2D eigenvalue weighted by Crippen LogP contribution is 2.26. The molecule has 2 heterocycles. The molecule has 0 radical (unpaired) electrons. The van der Waals surface area contributed by atoms with E-state index in [-0.39, 0.29) is 12.0 Å². The van der Waals surface area contributed by atoms with Crippen LogP contribution in [0.1, 0.15) is 43.2 Å². The Bertz CT molecular complexity index is 606. The first-order chi connectivity index (χ1) is 10.8. The van der Waals surface area contributed by atoms with Crippen molar-refractivity contribution >= 4 is 11.9 Å². The number of hydrogen-bond acceptors (Lipinski definition) is 4. The number of carbonyl (C=O) groups excluding carboxylic acids is 1. The number of H-pyrrole nitrogens is 1. The van der Waals surface area contributed by atoms with Gasteiger partial charge < -0.3 is 4.74 Å². The number of aromatic amines is 1. The first-order valence-corrected chi connectivity index (χ1v) is 7.69. The van der Waals surface area contributed by atoms with Crippen molar-refractivity contribution in [3.8, 4) is 0 Å². The molecule has 1 fully saturated rings. The molecule has 1 aliphatic rings. The Morgan fingerprint density at radius 1 is 1.36 bits per heavy atom. The summed E-state index contributed by atoms with van der Waals surface area (Å²) in [5, 5.41) is 9.58. The van der Waals surface area contributed by atoms with Crippen molar-refractivity contribution in [1.82, 2.24) is 15.2 Å². The molecular formula is C16H20N4O2. The van der Waals surface area contributed by atoms with Gasteiger partial charge in [-0.05, 0) is 31.2 Å². The fraction of sp³-hybridized carbons (Fsp3) is 0.438. The highest BCUT2D eigenvalue weighted by molar-refractivity contribution is 5.88. The number of amides is 1. The van der Waals surface area contributed by atoms with Gasteiger partial charge in [-0.1, -0.05) is 30.3 Å². The predicted molar refractivity (Wildman–Crippen MR) is 82.3 cm³/mol. The second-order valence-corrected chi connectivity index (χ2v) is 5.43. The van der Waals surface area contributed by atoms with Crippen molar-refractivity contribution in [2.24, 2.45) is 0 Å². The van der Waals surface area contributed by atoms with E-state index in [0.717, 1.165) is 32.3 Å². The zero-order chi connectivity index (χ0) is 15.2. The lowest BCUT2D eigenvalue weighted by atomic mass is 10.1. The molecule has 2 N–H and O–H groups in total. The zero-order valence-electron chi connectivity index (χ0n) is 12.4. The number of aryl methyl sites for hydroxylation is 1. The molecule has 3 rings (SSSR count). The van der Waals surface area contributed by atoms with Crippen LogP contribution in [-0.2, 0) is 16.0 Å². The van der Waals surface area contributed by atoms with Gasteiger partial charge in [-0.15, -0.1) is 5.10 Å². The van der Waals surface area contributed by atoms with E-state index >= 15 is 0 Å². The fourth-order valence-corrected chi connectivity index (χ4v) is 2.55. The molecule has 1 amide bonds. The van der Waals surface area contributed by atoms with Crippen LogP contribution in [0.25, 0.3) is 0 Å². The second kappa shape index (κ2) is 7.17. The molecule has 2 aromatic rings. The zero-order valence-corrected chi connectivity index (χ0v) is 12.4. The molecular weight excluding hydrogens is 280 g/mol. The Balaban J connectivity index is 1.43. The molecule has 1 saturated heterocycles. The molecule has 6 nitrogen and oxygen atoms in total. The SMILES string of the molecule is O=C(CCCc1ccccc1)Nc1n[nH]c([C@H]2CCCO2)n1. The topological polar surface area (TPSA) is 79.9 Å². The molecule has 1 aromatic heterocycles. The number of ether oxygens (including phenoxy) is 1. The monoisotopic (exact) mass is 300 g/mol. The van der Waals surface area contributed by atoms with Gasteiger partial charge in [0.1, 0.15) is 6.10 Å². The molecule has 0 unspecified atom stereocenters. The summed E-state index contributed by atoms with van der Waals surface area (Å²) in [6.07, 6.45) is 4.11.